The molecule has 0 amide bonds. The van der Waals surface area contributed by atoms with Crippen LogP contribution in [0.5, 0.6) is 0 Å². The van der Waals surface area contributed by atoms with Crippen molar-refractivity contribution in [3.05, 3.63) is 25.3 Å². The van der Waals surface area contributed by atoms with E-state index in [2.05, 4.69) is 39.7 Å². The van der Waals surface area contributed by atoms with E-state index in [0.717, 1.165) is 65.3 Å². The fraction of sp³-hybridized carbons (Fsp3) is 0.789. The number of hydrogen-bond acceptors (Lipinski definition) is 6. The zero-order chi connectivity index (χ0) is 18.1. The molecule has 0 radical (unpaired) electrons. The molecule has 144 valence electrons. The molecule has 2 aliphatic heterocycles. The van der Waals surface area contributed by atoms with Crippen molar-refractivity contribution in [1.29, 1.82) is 0 Å². The molecule has 2 rings (SSSR count). The van der Waals surface area contributed by atoms with Gasteiger partial charge in [-0.05, 0) is 6.42 Å². The number of ether oxygens (including phenoxy) is 1. The molecule has 0 saturated carbocycles. The molecule has 0 aromatic heterocycles. The van der Waals surface area contributed by atoms with Gasteiger partial charge in [0, 0.05) is 72.1 Å². The fourth-order valence-electron chi connectivity index (χ4n) is 3.70. The Morgan fingerprint density at radius 3 is 2.36 bits per heavy atom. The molecule has 1 N–H and O–H groups in total. The van der Waals surface area contributed by atoms with Crippen molar-refractivity contribution >= 4 is 0 Å². The van der Waals surface area contributed by atoms with E-state index < -0.39 is 6.29 Å². The van der Waals surface area contributed by atoms with Gasteiger partial charge in [-0.2, -0.15) is 0 Å². The van der Waals surface area contributed by atoms with Crippen molar-refractivity contribution in [2.24, 2.45) is 0 Å². The Morgan fingerprint density at radius 2 is 1.72 bits per heavy atom. The van der Waals surface area contributed by atoms with Gasteiger partial charge < -0.3 is 9.84 Å². The lowest BCUT2D eigenvalue weighted by Crippen LogP contribution is -2.63. The van der Waals surface area contributed by atoms with Gasteiger partial charge in [0.25, 0.3) is 0 Å². The van der Waals surface area contributed by atoms with E-state index in [4.69, 9.17) is 4.74 Å². The first kappa shape index (κ1) is 20.6. The van der Waals surface area contributed by atoms with Crippen LogP contribution in [-0.4, -0.2) is 109 Å². The molecule has 0 aromatic carbocycles. The molecule has 2 aliphatic rings. The number of hydrogen-bond donors (Lipinski definition) is 1. The van der Waals surface area contributed by atoms with Crippen LogP contribution in [-0.2, 0) is 4.74 Å². The highest BCUT2D eigenvalue weighted by Crippen LogP contribution is 2.17. The summed E-state index contributed by atoms with van der Waals surface area (Å²) in [4.78, 5) is 9.87. The molecule has 2 atom stereocenters. The predicted molar refractivity (Wildman–Crippen MR) is 102 cm³/mol. The summed E-state index contributed by atoms with van der Waals surface area (Å²) in [7, 11) is 0. The molecule has 25 heavy (non-hydrogen) atoms. The van der Waals surface area contributed by atoms with Crippen LogP contribution in [0.3, 0.4) is 0 Å². The van der Waals surface area contributed by atoms with Crippen molar-refractivity contribution < 1.29 is 9.84 Å². The second-order valence-corrected chi connectivity index (χ2v) is 6.97. The van der Waals surface area contributed by atoms with E-state index in [0.29, 0.717) is 19.3 Å². The highest BCUT2D eigenvalue weighted by atomic mass is 16.6. The molecule has 2 saturated heterocycles. The number of β-amino-alcohol motifs (C(OH)–C–C–N with tert-alkyl or cyclic N) is 1. The zero-order valence-corrected chi connectivity index (χ0v) is 15.9. The fourth-order valence-corrected chi connectivity index (χ4v) is 3.70. The lowest BCUT2D eigenvalue weighted by Gasteiger charge is -2.48. The third-order valence-electron chi connectivity index (χ3n) is 5.05. The van der Waals surface area contributed by atoms with E-state index in [1.807, 2.05) is 12.2 Å². The summed E-state index contributed by atoms with van der Waals surface area (Å²) >= 11 is 0. The molecule has 6 nitrogen and oxygen atoms in total. The molecule has 2 unspecified atom stereocenters. The Morgan fingerprint density at radius 1 is 1.04 bits per heavy atom. The van der Waals surface area contributed by atoms with Crippen molar-refractivity contribution in [2.45, 2.75) is 25.8 Å². The zero-order valence-electron chi connectivity index (χ0n) is 15.9. The van der Waals surface area contributed by atoms with Gasteiger partial charge in [-0.1, -0.05) is 19.1 Å². The maximum absolute atomic E-state index is 10.1. The quantitative estimate of drug-likeness (QED) is 0.460. The first-order chi connectivity index (χ1) is 12.2. The van der Waals surface area contributed by atoms with E-state index in [9.17, 15) is 5.11 Å². The third-order valence-corrected chi connectivity index (χ3v) is 5.05. The van der Waals surface area contributed by atoms with Crippen LogP contribution in [0.25, 0.3) is 0 Å². The maximum Gasteiger partial charge on any atom is 0.167 e. The van der Waals surface area contributed by atoms with Crippen LogP contribution >= 0.6 is 0 Å². The van der Waals surface area contributed by atoms with Crippen LogP contribution < -0.4 is 0 Å². The molecule has 0 bridgehead atoms. The van der Waals surface area contributed by atoms with Gasteiger partial charge in [-0.25, -0.2) is 0 Å². The molecule has 2 heterocycles. The van der Waals surface area contributed by atoms with E-state index in [1.54, 1.807) is 0 Å². The normalized spacial score (nSPS) is 25.8. The molecule has 0 aliphatic carbocycles. The largest absolute Gasteiger partial charge is 0.367 e. The maximum atomic E-state index is 10.1. The van der Waals surface area contributed by atoms with E-state index in [1.165, 1.54) is 0 Å². The number of piperazine rings is 2. The van der Waals surface area contributed by atoms with Gasteiger partial charge in [0.15, 0.2) is 6.29 Å². The van der Waals surface area contributed by atoms with Crippen molar-refractivity contribution in [3.8, 4) is 0 Å². The first-order valence-corrected chi connectivity index (χ1v) is 9.62. The highest BCUT2D eigenvalue weighted by molar-refractivity contribution is 4.89. The topological polar surface area (TPSA) is 42.4 Å². The van der Waals surface area contributed by atoms with Gasteiger partial charge in [-0.3, -0.25) is 19.6 Å². The minimum Gasteiger partial charge on any atom is -0.367 e. The number of nitrogens with zero attached hydrogens (tertiary/aromatic N) is 4. The summed E-state index contributed by atoms with van der Waals surface area (Å²) in [6, 6.07) is 0. The molecule has 6 heteroatoms. The average molecular weight is 353 g/mol. The summed E-state index contributed by atoms with van der Waals surface area (Å²) in [6.45, 7) is 20.2. The Hall–Kier alpha value is -0.760. The summed E-state index contributed by atoms with van der Waals surface area (Å²) in [5.74, 6) is 0. The average Bonchev–Trinajstić information content (AvgIpc) is 2.62. The molecular weight excluding hydrogens is 316 g/mol. The van der Waals surface area contributed by atoms with Gasteiger partial charge in [0.1, 0.15) is 0 Å². The van der Waals surface area contributed by atoms with E-state index >= 15 is 0 Å². The number of rotatable bonds is 10. The third kappa shape index (κ3) is 6.47. The van der Waals surface area contributed by atoms with E-state index in [-0.39, 0.29) is 0 Å². The van der Waals surface area contributed by atoms with Crippen molar-refractivity contribution in [2.75, 3.05) is 72.1 Å². The standard InChI is InChI=1S/C19H36N4O2/c1-4-7-20-9-12-23(13-10-20)18-16-21(11-14-22(18)8-5-2)17-19(24)25-15-6-3/h4-5,18-19,24H,1-2,6-17H2,3H3. The van der Waals surface area contributed by atoms with Gasteiger partial charge in [0.05, 0.1) is 6.17 Å². The smallest absolute Gasteiger partial charge is 0.167 e. The summed E-state index contributed by atoms with van der Waals surface area (Å²) in [6.07, 6.45) is 4.61. The Bertz CT molecular complexity index is 399. The van der Waals surface area contributed by atoms with Crippen molar-refractivity contribution in [1.82, 2.24) is 19.6 Å². The highest BCUT2D eigenvalue weighted by Gasteiger charge is 2.33. The minimum absolute atomic E-state index is 0.385. The van der Waals surface area contributed by atoms with Gasteiger partial charge >= 0.3 is 0 Å². The lowest BCUT2D eigenvalue weighted by atomic mass is 10.2. The minimum atomic E-state index is -0.684. The SMILES string of the molecule is C=CCN1CCN(C2CN(CC(O)OCCC)CCN2CC=C)CC1. The molecule has 2 fully saturated rings. The second-order valence-electron chi connectivity index (χ2n) is 6.97. The number of aliphatic hydroxyl groups is 1. The second kappa shape index (κ2) is 11.1. The van der Waals surface area contributed by atoms with Gasteiger partial charge in [-0.15, -0.1) is 13.2 Å². The molecule has 0 spiro atoms. The first-order valence-electron chi connectivity index (χ1n) is 9.62. The van der Waals surface area contributed by atoms with Crippen molar-refractivity contribution in [3.63, 3.8) is 0 Å². The number of aliphatic hydroxyl groups excluding tert-OH is 1. The Labute approximate surface area is 153 Å². The van der Waals surface area contributed by atoms with Crippen LogP contribution in [0.4, 0.5) is 0 Å². The van der Waals surface area contributed by atoms with Crippen LogP contribution in [0.1, 0.15) is 13.3 Å². The molecular formula is C19H36N4O2. The van der Waals surface area contributed by atoms with Crippen LogP contribution in [0.15, 0.2) is 25.3 Å². The van der Waals surface area contributed by atoms with Crippen LogP contribution in [0, 0.1) is 0 Å². The monoisotopic (exact) mass is 352 g/mol. The summed E-state index contributed by atoms with van der Waals surface area (Å²) in [5, 5.41) is 10.1. The summed E-state index contributed by atoms with van der Waals surface area (Å²) in [5.41, 5.74) is 0. The summed E-state index contributed by atoms with van der Waals surface area (Å²) < 4.78 is 5.44. The van der Waals surface area contributed by atoms with Crippen LogP contribution in [0.2, 0.25) is 0 Å². The van der Waals surface area contributed by atoms with Gasteiger partial charge in [0.2, 0.25) is 0 Å². The molecule has 0 aromatic rings. The lowest BCUT2D eigenvalue weighted by molar-refractivity contribution is -0.126. The Kier molecular flexibility index (Phi) is 9.09. The predicted octanol–water partition coefficient (Wildman–Crippen LogP) is 0.665. The Balaban J connectivity index is 1.89.